The molecule has 0 saturated carbocycles. The number of rotatable bonds is 4. The maximum atomic E-state index is 5.54. The second kappa shape index (κ2) is 5.46. The zero-order valence-corrected chi connectivity index (χ0v) is 11.6. The van der Waals surface area contributed by atoms with Crippen molar-refractivity contribution in [1.82, 2.24) is 15.3 Å². The van der Waals surface area contributed by atoms with Gasteiger partial charge in [0, 0.05) is 12.5 Å². The molecule has 0 amide bonds. The molecule has 1 aromatic carbocycles. The molecule has 0 radical (unpaired) electrons. The SMILES string of the molecule is CNC(c1ccc2c(c1)CCO2)c1cc(OC)ncn1. The van der Waals surface area contributed by atoms with Crippen LogP contribution in [-0.4, -0.2) is 30.7 Å². The largest absolute Gasteiger partial charge is 0.493 e. The third kappa shape index (κ3) is 2.32. The zero-order chi connectivity index (χ0) is 13.9. The van der Waals surface area contributed by atoms with Crippen LogP contribution in [0.15, 0.2) is 30.6 Å². The van der Waals surface area contributed by atoms with E-state index in [1.807, 2.05) is 19.2 Å². The van der Waals surface area contributed by atoms with E-state index in [0.29, 0.717) is 5.88 Å². The van der Waals surface area contributed by atoms with E-state index in [9.17, 15) is 0 Å². The van der Waals surface area contributed by atoms with E-state index in [-0.39, 0.29) is 6.04 Å². The molecule has 1 unspecified atom stereocenters. The smallest absolute Gasteiger partial charge is 0.216 e. The highest BCUT2D eigenvalue weighted by atomic mass is 16.5. The molecule has 3 rings (SSSR count). The van der Waals surface area contributed by atoms with Gasteiger partial charge in [0.25, 0.3) is 0 Å². The minimum atomic E-state index is 0.0119. The van der Waals surface area contributed by atoms with E-state index >= 15 is 0 Å². The lowest BCUT2D eigenvalue weighted by Crippen LogP contribution is -2.19. The molecule has 1 aromatic heterocycles. The van der Waals surface area contributed by atoms with Crippen molar-refractivity contribution in [3.05, 3.63) is 47.4 Å². The van der Waals surface area contributed by atoms with Gasteiger partial charge in [-0.3, -0.25) is 0 Å². The van der Waals surface area contributed by atoms with Crippen molar-refractivity contribution in [3.8, 4) is 11.6 Å². The molecule has 20 heavy (non-hydrogen) atoms. The quantitative estimate of drug-likeness (QED) is 0.917. The molecule has 2 heterocycles. The summed E-state index contributed by atoms with van der Waals surface area (Å²) in [5.41, 5.74) is 3.31. The molecule has 1 atom stereocenters. The topological polar surface area (TPSA) is 56.3 Å². The molecule has 1 N–H and O–H groups in total. The van der Waals surface area contributed by atoms with Crippen LogP contribution < -0.4 is 14.8 Å². The third-order valence-electron chi connectivity index (χ3n) is 3.50. The number of hydrogen-bond donors (Lipinski definition) is 1. The number of benzene rings is 1. The third-order valence-corrected chi connectivity index (χ3v) is 3.50. The van der Waals surface area contributed by atoms with Gasteiger partial charge in [0.1, 0.15) is 12.1 Å². The Hall–Kier alpha value is -2.14. The van der Waals surface area contributed by atoms with E-state index in [1.54, 1.807) is 7.11 Å². The Morgan fingerprint density at radius 1 is 1.30 bits per heavy atom. The van der Waals surface area contributed by atoms with E-state index in [0.717, 1.165) is 30.0 Å². The van der Waals surface area contributed by atoms with E-state index < -0.39 is 0 Å². The van der Waals surface area contributed by atoms with Crippen LogP contribution in [0.4, 0.5) is 0 Å². The first kappa shape index (κ1) is 12.9. The Kier molecular flexibility index (Phi) is 3.52. The van der Waals surface area contributed by atoms with Crippen LogP contribution in [0.1, 0.15) is 22.9 Å². The Balaban J connectivity index is 1.96. The Bertz CT molecular complexity index is 616. The molecular weight excluding hydrogens is 254 g/mol. The minimum absolute atomic E-state index is 0.0119. The molecule has 1 aliphatic rings. The molecule has 2 aromatic rings. The van der Waals surface area contributed by atoms with Crippen LogP contribution in [0, 0.1) is 0 Å². The standard InChI is InChI=1S/C15H17N3O2/c1-16-15(12-8-14(19-2)18-9-17-12)11-3-4-13-10(7-11)5-6-20-13/h3-4,7-9,15-16H,5-6H2,1-2H3. The van der Waals surface area contributed by atoms with Gasteiger partial charge in [-0.25, -0.2) is 9.97 Å². The van der Waals surface area contributed by atoms with Crippen molar-refractivity contribution in [2.45, 2.75) is 12.5 Å². The van der Waals surface area contributed by atoms with Crippen molar-refractivity contribution >= 4 is 0 Å². The fraction of sp³-hybridized carbons (Fsp3) is 0.333. The van der Waals surface area contributed by atoms with Gasteiger partial charge >= 0.3 is 0 Å². The maximum absolute atomic E-state index is 5.54. The lowest BCUT2D eigenvalue weighted by Gasteiger charge is -2.17. The van der Waals surface area contributed by atoms with Crippen molar-refractivity contribution in [1.29, 1.82) is 0 Å². The summed E-state index contributed by atoms with van der Waals surface area (Å²) in [4.78, 5) is 8.39. The Labute approximate surface area is 118 Å². The number of nitrogens with zero attached hydrogens (tertiary/aromatic N) is 2. The first-order chi connectivity index (χ1) is 9.81. The molecule has 0 spiro atoms. The molecule has 5 heteroatoms. The zero-order valence-electron chi connectivity index (χ0n) is 11.6. The van der Waals surface area contributed by atoms with Crippen molar-refractivity contribution < 1.29 is 9.47 Å². The van der Waals surface area contributed by atoms with Crippen LogP contribution in [0.2, 0.25) is 0 Å². The molecule has 104 valence electrons. The molecule has 0 saturated heterocycles. The fourth-order valence-corrected chi connectivity index (χ4v) is 2.49. The minimum Gasteiger partial charge on any atom is -0.493 e. The molecule has 1 aliphatic heterocycles. The summed E-state index contributed by atoms with van der Waals surface area (Å²) in [5.74, 6) is 1.56. The number of aromatic nitrogens is 2. The van der Waals surface area contributed by atoms with Gasteiger partial charge in [-0.15, -0.1) is 0 Å². The highest BCUT2D eigenvalue weighted by molar-refractivity contribution is 5.42. The maximum Gasteiger partial charge on any atom is 0.216 e. The Morgan fingerprint density at radius 3 is 3.00 bits per heavy atom. The van der Waals surface area contributed by atoms with Gasteiger partial charge in [-0.05, 0) is 24.2 Å². The number of ether oxygens (including phenoxy) is 2. The fourth-order valence-electron chi connectivity index (χ4n) is 2.49. The van der Waals surface area contributed by atoms with Crippen LogP contribution in [-0.2, 0) is 6.42 Å². The van der Waals surface area contributed by atoms with E-state index in [2.05, 4.69) is 27.4 Å². The summed E-state index contributed by atoms with van der Waals surface area (Å²) >= 11 is 0. The van der Waals surface area contributed by atoms with Crippen molar-refractivity contribution in [2.24, 2.45) is 0 Å². The predicted molar refractivity (Wildman–Crippen MR) is 75.1 cm³/mol. The van der Waals surface area contributed by atoms with Crippen molar-refractivity contribution in [3.63, 3.8) is 0 Å². The monoisotopic (exact) mass is 271 g/mol. The number of nitrogens with one attached hydrogen (secondary N) is 1. The first-order valence-electron chi connectivity index (χ1n) is 6.60. The lowest BCUT2D eigenvalue weighted by atomic mass is 10.00. The summed E-state index contributed by atoms with van der Waals surface area (Å²) in [6.45, 7) is 0.768. The van der Waals surface area contributed by atoms with Crippen LogP contribution in [0.3, 0.4) is 0 Å². The molecule has 5 nitrogen and oxygen atoms in total. The second-order valence-electron chi connectivity index (χ2n) is 4.67. The van der Waals surface area contributed by atoms with Crippen LogP contribution in [0.5, 0.6) is 11.6 Å². The summed E-state index contributed by atoms with van der Waals surface area (Å²) in [7, 11) is 3.52. The van der Waals surface area contributed by atoms with Gasteiger partial charge in [0.2, 0.25) is 5.88 Å². The second-order valence-corrected chi connectivity index (χ2v) is 4.67. The van der Waals surface area contributed by atoms with Crippen molar-refractivity contribution in [2.75, 3.05) is 20.8 Å². The molecule has 0 fully saturated rings. The average Bonchev–Trinajstić information content (AvgIpc) is 2.96. The highest BCUT2D eigenvalue weighted by Crippen LogP contribution is 2.30. The lowest BCUT2D eigenvalue weighted by molar-refractivity contribution is 0.357. The molecular formula is C15H17N3O2. The Morgan fingerprint density at radius 2 is 2.20 bits per heavy atom. The van der Waals surface area contributed by atoms with Crippen LogP contribution >= 0.6 is 0 Å². The molecule has 0 aliphatic carbocycles. The van der Waals surface area contributed by atoms with Gasteiger partial charge in [-0.2, -0.15) is 0 Å². The van der Waals surface area contributed by atoms with E-state index in [4.69, 9.17) is 9.47 Å². The van der Waals surface area contributed by atoms with Gasteiger partial charge < -0.3 is 14.8 Å². The van der Waals surface area contributed by atoms with E-state index in [1.165, 1.54) is 11.9 Å². The normalized spacial score (nSPS) is 14.5. The summed E-state index contributed by atoms with van der Waals surface area (Å²) in [6, 6.07) is 8.14. The summed E-state index contributed by atoms with van der Waals surface area (Å²) in [6.07, 6.45) is 2.49. The summed E-state index contributed by atoms with van der Waals surface area (Å²) < 4.78 is 10.7. The molecule has 0 bridgehead atoms. The first-order valence-corrected chi connectivity index (χ1v) is 6.60. The number of methoxy groups -OCH3 is 1. The van der Waals surface area contributed by atoms with Gasteiger partial charge in [-0.1, -0.05) is 12.1 Å². The van der Waals surface area contributed by atoms with Gasteiger partial charge in [0.05, 0.1) is 25.5 Å². The predicted octanol–water partition coefficient (Wildman–Crippen LogP) is 1.73. The summed E-state index contributed by atoms with van der Waals surface area (Å²) in [5, 5.41) is 3.29. The number of fused-ring (bicyclic) bond motifs is 1. The van der Waals surface area contributed by atoms with Gasteiger partial charge in [0.15, 0.2) is 0 Å². The van der Waals surface area contributed by atoms with Crippen LogP contribution in [0.25, 0.3) is 0 Å². The average molecular weight is 271 g/mol. The number of hydrogen-bond acceptors (Lipinski definition) is 5. The highest BCUT2D eigenvalue weighted by Gasteiger charge is 2.18.